The minimum atomic E-state index is -0.108. The first-order chi connectivity index (χ1) is 11.6. The van der Waals surface area contributed by atoms with Gasteiger partial charge in [-0.2, -0.15) is 0 Å². The van der Waals surface area contributed by atoms with Crippen LogP contribution in [-0.2, 0) is 11.3 Å². The van der Waals surface area contributed by atoms with Crippen molar-refractivity contribution in [1.82, 2.24) is 20.3 Å². The molecule has 130 valence electrons. The highest BCUT2D eigenvalue weighted by Gasteiger charge is 2.21. The van der Waals surface area contributed by atoms with E-state index in [0.29, 0.717) is 6.54 Å². The van der Waals surface area contributed by atoms with Crippen LogP contribution in [0.3, 0.4) is 0 Å². The average Bonchev–Trinajstić information content (AvgIpc) is 3.21. The SMILES string of the molecule is Cc1cc(CN2CCN(CC(=O)N[C@H](C)c3ccco3)CC2)on1. The monoisotopic (exact) mass is 332 g/mol. The Hall–Kier alpha value is -2.12. The maximum atomic E-state index is 12.2. The third kappa shape index (κ3) is 4.46. The van der Waals surface area contributed by atoms with Crippen molar-refractivity contribution in [2.24, 2.45) is 0 Å². The molecule has 2 aromatic rings. The first kappa shape index (κ1) is 16.7. The molecule has 0 saturated carbocycles. The molecule has 3 heterocycles. The highest BCUT2D eigenvalue weighted by Crippen LogP contribution is 2.13. The molecule has 2 aromatic heterocycles. The number of carbonyl (C=O) groups is 1. The van der Waals surface area contributed by atoms with E-state index in [2.05, 4.69) is 20.3 Å². The molecule has 0 unspecified atom stereocenters. The lowest BCUT2D eigenvalue weighted by Crippen LogP contribution is -2.49. The molecule has 1 aliphatic rings. The number of nitrogens with one attached hydrogen (secondary N) is 1. The molecular formula is C17H24N4O3. The smallest absolute Gasteiger partial charge is 0.234 e. The zero-order valence-corrected chi connectivity index (χ0v) is 14.2. The highest BCUT2D eigenvalue weighted by atomic mass is 16.5. The summed E-state index contributed by atoms with van der Waals surface area (Å²) in [4.78, 5) is 16.7. The number of aromatic nitrogens is 1. The molecule has 1 atom stereocenters. The fourth-order valence-electron chi connectivity index (χ4n) is 2.92. The van der Waals surface area contributed by atoms with Crippen LogP contribution in [0, 0.1) is 6.92 Å². The van der Waals surface area contributed by atoms with E-state index < -0.39 is 0 Å². The summed E-state index contributed by atoms with van der Waals surface area (Å²) in [5.74, 6) is 1.69. The first-order valence-electron chi connectivity index (χ1n) is 8.30. The van der Waals surface area contributed by atoms with E-state index in [1.54, 1.807) is 6.26 Å². The van der Waals surface area contributed by atoms with E-state index in [1.165, 1.54) is 0 Å². The predicted molar refractivity (Wildman–Crippen MR) is 88.2 cm³/mol. The lowest BCUT2D eigenvalue weighted by Gasteiger charge is -2.33. The van der Waals surface area contributed by atoms with Crippen LogP contribution in [0.1, 0.15) is 30.2 Å². The number of aryl methyl sites for hydroxylation is 1. The molecule has 7 heteroatoms. The van der Waals surface area contributed by atoms with Gasteiger partial charge in [-0.3, -0.25) is 14.6 Å². The Bertz CT molecular complexity index is 645. The van der Waals surface area contributed by atoms with Crippen molar-refractivity contribution in [2.75, 3.05) is 32.7 Å². The van der Waals surface area contributed by atoms with E-state index in [-0.39, 0.29) is 11.9 Å². The Morgan fingerprint density at radius 3 is 2.71 bits per heavy atom. The minimum Gasteiger partial charge on any atom is -0.467 e. The second kappa shape index (κ2) is 7.63. The van der Waals surface area contributed by atoms with Crippen LogP contribution >= 0.6 is 0 Å². The van der Waals surface area contributed by atoms with Crippen molar-refractivity contribution in [3.8, 4) is 0 Å². The predicted octanol–water partition coefficient (Wildman–Crippen LogP) is 1.57. The van der Waals surface area contributed by atoms with Gasteiger partial charge in [0.25, 0.3) is 0 Å². The van der Waals surface area contributed by atoms with Crippen LogP contribution in [-0.4, -0.2) is 53.6 Å². The number of amides is 1. The van der Waals surface area contributed by atoms with E-state index >= 15 is 0 Å². The van der Waals surface area contributed by atoms with Gasteiger partial charge in [0.15, 0.2) is 5.76 Å². The van der Waals surface area contributed by atoms with Crippen LogP contribution in [0.15, 0.2) is 33.4 Å². The maximum Gasteiger partial charge on any atom is 0.234 e. The maximum absolute atomic E-state index is 12.2. The number of piperazine rings is 1. The Balaban J connectivity index is 1.39. The van der Waals surface area contributed by atoms with Crippen molar-refractivity contribution in [1.29, 1.82) is 0 Å². The molecule has 1 fully saturated rings. The van der Waals surface area contributed by atoms with Gasteiger partial charge in [0.05, 0.1) is 31.1 Å². The Labute approximate surface area is 141 Å². The molecule has 7 nitrogen and oxygen atoms in total. The minimum absolute atomic E-state index is 0.0261. The van der Waals surface area contributed by atoms with E-state index in [1.807, 2.05) is 32.0 Å². The third-order valence-electron chi connectivity index (χ3n) is 4.24. The van der Waals surface area contributed by atoms with Gasteiger partial charge >= 0.3 is 0 Å². The largest absolute Gasteiger partial charge is 0.467 e. The van der Waals surface area contributed by atoms with Gasteiger partial charge in [0.2, 0.25) is 5.91 Å². The summed E-state index contributed by atoms with van der Waals surface area (Å²) < 4.78 is 10.6. The van der Waals surface area contributed by atoms with E-state index in [9.17, 15) is 4.79 Å². The number of nitrogens with zero attached hydrogens (tertiary/aromatic N) is 3. The molecule has 1 N–H and O–H groups in total. The van der Waals surface area contributed by atoms with Crippen LogP contribution in [0.25, 0.3) is 0 Å². The topological polar surface area (TPSA) is 74.8 Å². The Kier molecular flexibility index (Phi) is 5.32. The van der Waals surface area contributed by atoms with Gasteiger partial charge in [0.1, 0.15) is 5.76 Å². The number of hydrogen-bond acceptors (Lipinski definition) is 6. The van der Waals surface area contributed by atoms with Gasteiger partial charge in [-0.1, -0.05) is 5.16 Å². The lowest BCUT2D eigenvalue weighted by molar-refractivity contribution is -0.123. The summed E-state index contributed by atoms with van der Waals surface area (Å²) in [6.45, 7) is 8.62. The second-order valence-electron chi connectivity index (χ2n) is 6.29. The van der Waals surface area contributed by atoms with Gasteiger partial charge < -0.3 is 14.3 Å². The van der Waals surface area contributed by atoms with Gasteiger partial charge in [-0.05, 0) is 26.0 Å². The van der Waals surface area contributed by atoms with Crippen LogP contribution in [0.2, 0.25) is 0 Å². The molecule has 0 aliphatic carbocycles. The van der Waals surface area contributed by atoms with Crippen molar-refractivity contribution < 1.29 is 13.7 Å². The zero-order valence-electron chi connectivity index (χ0n) is 14.2. The summed E-state index contributed by atoms with van der Waals surface area (Å²) in [6, 6.07) is 5.56. The Morgan fingerprint density at radius 1 is 1.33 bits per heavy atom. The number of furan rings is 1. The van der Waals surface area contributed by atoms with Crippen molar-refractivity contribution in [2.45, 2.75) is 26.4 Å². The van der Waals surface area contributed by atoms with Gasteiger partial charge in [-0.25, -0.2) is 0 Å². The standard InChI is InChI=1S/C17H24N4O3/c1-13-10-15(24-19-13)11-20-5-7-21(8-6-20)12-17(22)18-14(2)16-4-3-9-23-16/h3-4,9-10,14H,5-8,11-12H2,1-2H3,(H,18,22)/t14-/m1/s1. The number of hydrogen-bond donors (Lipinski definition) is 1. The first-order valence-corrected chi connectivity index (χ1v) is 8.30. The summed E-state index contributed by atoms with van der Waals surface area (Å²) in [7, 11) is 0. The third-order valence-corrected chi connectivity index (χ3v) is 4.24. The van der Waals surface area contributed by atoms with Crippen molar-refractivity contribution in [3.05, 3.63) is 41.7 Å². The fraction of sp³-hybridized carbons (Fsp3) is 0.529. The Morgan fingerprint density at radius 2 is 2.08 bits per heavy atom. The molecule has 1 saturated heterocycles. The normalized spacial score (nSPS) is 17.8. The number of carbonyl (C=O) groups excluding carboxylic acids is 1. The number of rotatable bonds is 6. The molecule has 3 rings (SSSR count). The highest BCUT2D eigenvalue weighted by molar-refractivity contribution is 5.78. The molecule has 24 heavy (non-hydrogen) atoms. The summed E-state index contributed by atoms with van der Waals surface area (Å²) in [6.07, 6.45) is 1.62. The molecule has 1 amide bonds. The molecule has 0 radical (unpaired) electrons. The van der Waals surface area contributed by atoms with Crippen LogP contribution in [0.4, 0.5) is 0 Å². The summed E-state index contributed by atoms with van der Waals surface area (Å²) in [5.41, 5.74) is 0.908. The zero-order chi connectivity index (χ0) is 16.9. The van der Waals surface area contributed by atoms with E-state index in [4.69, 9.17) is 8.94 Å². The second-order valence-corrected chi connectivity index (χ2v) is 6.29. The van der Waals surface area contributed by atoms with Gasteiger partial charge in [0, 0.05) is 32.2 Å². The molecule has 1 aliphatic heterocycles. The van der Waals surface area contributed by atoms with Crippen molar-refractivity contribution in [3.63, 3.8) is 0 Å². The van der Waals surface area contributed by atoms with Crippen molar-refractivity contribution >= 4 is 5.91 Å². The van der Waals surface area contributed by atoms with E-state index in [0.717, 1.165) is 49.9 Å². The van der Waals surface area contributed by atoms with Gasteiger partial charge in [-0.15, -0.1) is 0 Å². The molecular weight excluding hydrogens is 308 g/mol. The fourth-order valence-corrected chi connectivity index (χ4v) is 2.92. The molecule has 0 aromatic carbocycles. The molecule has 0 bridgehead atoms. The lowest BCUT2D eigenvalue weighted by atomic mass is 10.2. The van der Waals surface area contributed by atoms with Crippen LogP contribution in [0.5, 0.6) is 0 Å². The quantitative estimate of drug-likeness (QED) is 0.865. The molecule has 0 spiro atoms. The summed E-state index contributed by atoms with van der Waals surface area (Å²) in [5, 5.41) is 6.88. The van der Waals surface area contributed by atoms with Crippen LogP contribution < -0.4 is 5.32 Å². The average molecular weight is 332 g/mol. The summed E-state index contributed by atoms with van der Waals surface area (Å²) >= 11 is 0.